The van der Waals surface area contributed by atoms with Gasteiger partial charge in [0, 0.05) is 5.57 Å². The van der Waals surface area contributed by atoms with Crippen LogP contribution in [0.15, 0.2) is 11.0 Å². The highest BCUT2D eigenvalue weighted by atomic mass is 32.2. The number of hydrogen-bond donors (Lipinski definition) is 1. The number of hydrogen-bond acceptors (Lipinski definition) is 2. The second kappa shape index (κ2) is 5.35. The van der Waals surface area contributed by atoms with Gasteiger partial charge in [-0.05, 0) is 24.5 Å². The lowest BCUT2D eigenvalue weighted by molar-refractivity contribution is -0.132. The van der Waals surface area contributed by atoms with Crippen molar-refractivity contribution in [1.29, 1.82) is 0 Å². The van der Waals surface area contributed by atoms with Gasteiger partial charge in [0.25, 0.3) is 0 Å². The van der Waals surface area contributed by atoms with Crippen molar-refractivity contribution in [2.45, 2.75) is 20.3 Å². The van der Waals surface area contributed by atoms with Gasteiger partial charge in [-0.2, -0.15) is 0 Å². The quantitative estimate of drug-likeness (QED) is 0.505. The highest BCUT2D eigenvalue weighted by Crippen LogP contribution is 2.07. The predicted molar refractivity (Wildman–Crippen MR) is 44.1 cm³/mol. The second-order valence-electron chi connectivity index (χ2n) is 1.98. The Morgan fingerprint density at radius 2 is 2.30 bits per heavy atom. The Hall–Kier alpha value is -0.440. The smallest absolute Gasteiger partial charge is 0.331 e. The van der Waals surface area contributed by atoms with Gasteiger partial charge in [0.2, 0.25) is 0 Å². The van der Waals surface area contributed by atoms with Crippen LogP contribution in [-0.4, -0.2) is 16.8 Å². The number of carbonyl (C=O) groups is 1. The molecule has 0 aliphatic heterocycles. The average molecular weight is 160 g/mol. The van der Waals surface area contributed by atoms with Crippen molar-refractivity contribution in [3.8, 4) is 0 Å². The molecule has 0 aromatic rings. The average Bonchev–Trinajstić information content (AvgIpc) is 1.88. The van der Waals surface area contributed by atoms with E-state index in [1.807, 2.05) is 0 Å². The van der Waals surface area contributed by atoms with Crippen LogP contribution in [0.4, 0.5) is 0 Å². The number of thioether (sulfide) groups is 1. The van der Waals surface area contributed by atoms with Crippen LogP contribution in [-0.2, 0) is 4.79 Å². The molecule has 0 rings (SSSR count). The highest BCUT2D eigenvalue weighted by molar-refractivity contribution is 8.02. The first-order chi connectivity index (χ1) is 4.68. The SMILES string of the molecule is CCCSC=C(C)C(=O)O. The Balaban J connectivity index is 3.58. The fourth-order valence-corrected chi connectivity index (χ4v) is 1.06. The van der Waals surface area contributed by atoms with Crippen molar-refractivity contribution < 1.29 is 9.90 Å². The fraction of sp³-hybridized carbons (Fsp3) is 0.571. The standard InChI is InChI=1S/C7H12O2S/c1-3-4-10-5-6(2)7(8)9/h5H,3-4H2,1-2H3,(H,8,9). The maximum atomic E-state index is 10.2. The van der Waals surface area contributed by atoms with E-state index in [9.17, 15) is 4.79 Å². The minimum absolute atomic E-state index is 0.415. The lowest BCUT2D eigenvalue weighted by Gasteiger charge is -1.91. The molecule has 0 amide bonds. The lowest BCUT2D eigenvalue weighted by atomic mass is 10.4. The van der Waals surface area contributed by atoms with Gasteiger partial charge in [0.1, 0.15) is 0 Å². The topological polar surface area (TPSA) is 37.3 Å². The third-order valence-corrected chi connectivity index (χ3v) is 2.08. The number of rotatable bonds is 4. The molecule has 0 heterocycles. The zero-order chi connectivity index (χ0) is 7.98. The zero-order valence-electron chi connectivity index (χ0n) is 6.26. The van der Waals surface area contributed by atoms with Crippen LogP contribution in [0.3, 0.4) is 0 Å². The van der Waals surface area contributed by atoms with Crippen molar-refractivity contribution >= 4 is 17.7 Å². The van der Waals surface area contributed by atoms with Gasteiger partial charge < -0.3 is 5.11 Å². The first-order valence-corrected chi connectivity index (χ1v) is 4.25. The molecule has 1 N–H and O–H groups in total. The van der Waals surface area contributed by atoms with Crippen molar-refractivity contribution in [3.63, 3.8) is 0 Å². The zero-order valence-corrected chi connectivity index (χ0v) is 7.07. The monoisotopic (exact) mass is 160 g/mol. The Kier molecular flexibility index (Phi) is 5.12. The largest absolute Gasteiger partial charge is 0.478 e. The molecule has 0 aromatic carbocycles. The minimum Gasteiger partial charge on any atom is -0.478 e. The van der Waals surface area contributed by atoms with E-state index in [1.54, 1.807) is 24.1 Å². The molecule has 3 heteroatoms. The summed E-state index contributed by atoms with van der Waals surface area (Å²) in [5.41, 5.74) is 0.415. The molecule has 0 radical (unpaired) electrons. The molecule has 0 aliphatic rings. The van der Waals surface area contributed by atoms with Crippen LogP contribution in [0.5, 0.6) is 0 Å². The van der Waals surface area contributed by atoms with E-state index in [0.717, 1.165) is 12.2 Å². The second-order valence-corrected chi connectivity index (χ2v) is 2.95. The molecule has 58 valence electrons. The molecule has 0 unspecified atom stereocenters. The molecule has 10 heavy (non-hydrogen) atoms. The van der Waals surface area contributed by atoms with Gasteiger partial charge in [-0.1, -0.05) is 6.92 Å². The molecular formula is C7H12O2S. The summed E-state index contributed by atoms with van der Waals surface area (Å²) in [6, 6.07) is 0. The minimum atomic E-state index is -0.830. The maximum absolute atomic E-state index is 10.2. The van der Waals surface area contributed by atoms with E-state index < -0.39 is 5.97 Å². The summed E-state index contributed by atoms with van der Waals surface area (Å²) in [5.74, 6) is 0.161. The van der Waals surface area contributed by atoms with Crippen LogP contribution in [0.25, 0.3) is 0 Å². The van der Waals surface area contributed by atoms with E-state index in [0.29, 0.717) is 5.57 Å². The maximum Gasteiger partial charge on any atom is 0.331 e. The molecule has 0 saturated heterocycles. The van der Waals surface area contributed by atoms with Crippen molar-refractivity contribution in [3.05, 3.63) is 11.0 Å². The summed E-state index contributed by atoms with van der Waals surface area (Å²) in [5, 5.41) is 10.1. The third-order valence-electron chi connectivity index (χ3n) is 0.919. The number of carboxylic acid groups (broad SMARTS) is 1. The Morgan fingerprint density at radius 1 is 1.70 bits per heavy atom. The van der Waals surface area contributed by atoms with E-state index in [2.05, 4.69) is 6.92 Å². The molecule has 0 spiro atoms. The van der Waals surface area contributed by atoms with Crippen LogP contribution in [0, 0.1) is 0 Å². The normalized spacial score (nSPS) is 11.6. The van der Waals surface area contributed by atoms with Gasteiger partial charge in [-0.15, -0.1) is 11.8 Å². The van der Waals surface area contributed by atoms with Gasteiger partial charge in [-0.3, -0.25) is 0 Å². The van der Waals surface area contributed by atoms with Crippen molar-refractivity contribution in [2.75, 3.05) is 5.75 Å². The molecule has 0 atom stereocenters. The molecule has 0 fully saturated rings. The summed E-state index contributed by atoms with van der Waals surface area (Å²) >= 11 is 1.55. The van der Waals surface area contributed by atoms with Crippen LogP contribution in [0.1, 0.15) is 20.3 Å². The molecular weight excluding hydrogens is 148 g/mol. The van der Waals surface area contributed by atoms with Gasteiger partial charge >= 0.3 is 5.97 Å². The first kappa shape index (κ1) is 9.56. The molecule has 2 nitrogen and oxygen atoms in total. The highest BCUT2D eigenvalue weighted by Gasteiger charge is 1.96. The summed E-state index contributed by atoms with van der Waals surface area (Å²) in [6.07, 6.45) is 1.08. The summed E-state index contributed by atoms with van der Waals surface area (Å²) in [7, 11) is 0. The van der Waals surface area contributed by atoms with Gasteiger partial charge in [0.05, 0.1) is 0 Å². The van der Waals surface area contributed by atoms with E-state index >= 15 is 0 Å². The van der Waals surface area contributed by atoms with E-state index in [-0.39, 0.29) is 0 Å². The first-order valence-electron chi connectivity index (χ1n) is 3.20. The fourth-order valence-electron chi connectivity index (χ4n) is 0.352. The molecule has 0 aliphatic carbocycles. The van der Waals surface area contributed by atoms with Gasteiger partial charge in [-0.25, -0.2) is 4.79 Å². The van der Waals surface area contributed by atoms with E-state index in [1.165, 1.54) is 0 Å². The van der Waals surface area contributed by atoms with Crippen molar-refractivity contribution in [1.82, 2.24) is 0 Å². The summed E-state index contributed by atoms with van der Waals surface area (Å²) < 4.78 is 0. The number of aliphatic carboxylic acids is 1. The molecule has 0 bridgehead atoms. The summed E-state index contributed by atoms with van der Waals surface area (Å²) in [6.45, 7) is 3.67. The van der Waals surface area contributed by atoms with Gasteiger partial charge in [0.15, 0.2) is 0 Å². The Morgan fingerprint density at radius 3 is 2.70 bits per heavy atom. The Labute approximate surface area is 65.3 Å². The van der Waals surface area contributed by atoms with E-state index in [4.69, 9.17) is 5.11 Å². The van der Waals surface area contributed by atoms with Crippen LogP contribution < -0.4 is 0 Å². The van der Waals surface area contributed by atoms with Crippen LogP contribution in [0.2, 0.25) is 0 Å². The Bertz CT molecular complexity index is 141. The molecule has 0 saturated carbocycles. The van der Waals surface area contributed by atoms with Crippen molar-refractivity contribution in [2.24, 2.45) is 0 Å². The molecule has 0 aromatic heterocycles. The third kappa shape index (κ3) is 4.44. The lowest BCUT2D eigenvalue weighted by Crippen LogP contribution is -1.94. The number of carboxylic acids is 1. The van der Waals surface area contributed by atoms with Crippen LogP contribution >= 0.6 is 11.8 Å². The summed E-state index contributed by atoms with van der Waals surface area (Å²) in [4.78, 5) is 10.2. The predicted octanol–water partition coefficient (Wildman–Crippen LogP) is 2.12.